The minimum Gasteiger partial charge on any atom is -0.360 e. The van der Waals surface area contributed by atoms with Crippen LogP contribution in [-0.4, -0.2) is 30.4 Å². The molecule has 0 amide bonds. The first-order chi connectivity index (χ1) is 6.47. The van der Waals surface area contributed by atoms with Crippen molar-refractivity contribution in [3.05, 3.63) is 0 Å². The molecule has 0 aromatic heterocycles. The highest BCUT2D eigenvalue weighted by molar-refractivity contribution is 5.82. The third-order valence-electron chi connectivity index (χ3n) is 3.07. The van der Waals surface area contributed by atoms with Crippen LogP contribution in [0.4, 0.5) is 0 Å². The van der Waals surface area contributed by atoms with E-state index in [1.54, 1.807) is 0 Å². The molecule has 74 valence electrons. The summed E-state index contributed by atoms with van der Waals surface area (Å²) in [4.78, 5) is 7.21. The Kier molecular flexibility index (Phi) is 3.22. The summed E-state index contributed by atoms with van der Waals surface area (Å²) in [6, 6.07) is 0. The molecule has 2 nitrogen and oxygen atoms in total. The molecule has 0 bridgehead atoms. The molecule has 0 unspecified atom stereocenters. The molecule has 1 fully saturated rings. The predicted molar refractivity (Wildman–Crippen MR) is 56.2 cm³/mol. The normalized spacial score (nSPS) is 25.2. The molecule has 0 spiro atoms. The van der Waals surface area contributed by atoms with E-state index in [-0.39, 0.29) is 0 Å². The lowest BCUT2D eigenvalue weighted by atomic mass is 10.1. The molecule has 0 N–H and O–H groups in total. The van der Waals surface area contributed by atoms with E-state index in [1.165, 1.54) is 63.9 Å². The summed E-state index contributed by atoms with van der Waals surface area (Å²) in [5, 5.41) is 0. The Morgan fingerprint density at radius 1 is 0.846 bits per heavy atom. The van der Waals surface area contributed by atoms with Gasteiger partial charge in [-0.2, -0.15) is 0 Å². The van der Waals surface area contributed by atoms with Crippen molar-refractivity contribution in [1.82, 2.24) is 4.90 Å². The van der Waals surface area contributed by atoms with Crippen molar-refractivity contribution in [1.29, 1.82) is 0 Å². The first-order valence-electron chi connectivity index (χ1n) is 5.75. The van der Waals surface area contributed by atoms with E-state index in [1.807, 2.05) is 0 Å². The molecule has 2 heterocycles. The van der Waals surface area contributed by atoms with E-state index in [4.69, 9.17) is 0 Å². The lowest BCUT2D eigenvalue weighted by molar-refractivity contribution is 0.335. The highest BCUT2D eigenvalue weighted by Crippen LogP contribution is 2.15. The molecule has 2 aliphatic rings. The van der Waals surface area contributed by atoms with Gasteiger partial charge in [0.25, 0.3) is 0 Å². The molecule has 2 aliphatic heterocycles. The Labute approximate surface area is 81.0 Å². The molecule has 1 saturated heterocycles. The number of likely N-dealkylation sites (tertiary alicyclic amines) is 1. The van der Waals surface area contributed by atoms with Crippen LogP contribution in [0.2, 0.25) is 0 Å². The standard InChI is InChI=1S/C11H20N2/c1-3-7-11(12-8-4-1)13-9-5-2-6-10-13/h1-10H2. The molecule has 0 aromatic rings. The zero-order valence-electron chi connectivity index (χ0n) is 8.47. The number of hydrogen-bond acceptors (Lipinski definition) is 2. The van der Waals surface area contributed by atoms with Crippen LogP contribution in [0.15, 0.2) is 4.99 Å². The number of hydrogen-bond donors (Lipinski definition) is 0. The van der Waals surface area contributed by atoms with Crippen LogP contribution in [0, 0.1) is 0 Å². The largest absolute Gasteiger partial charge is 0.360 e. The Bertz CT molecular complexity index is 181. The average molecular weight is 180 g/mol. The van der Waals surface area contributed by atoms with E-state index in [0.717, 1.165) is 6.54 Å². The second-order valence-electron chi connectivity index (χ2n) is 4.16. The number of rotatable bonds is 0. The van der Waals surface area contributed by atoms with Gasteiger partial charge in [-0.25, -0.2) is 0 Å². The maximum atomic E-state index is 4.69. The monoisotopic (exact) mass is 180 g/mol. The lowest BCUT2D eigenvalue weighted by Crippen LogP contribution is -2.35. The Morgan fingerprint density at radius 3 is 2.46 bits per heavy atom. The van der Waals surface area contributed by atoms with Gasteiger partial charge in [-0.15, -0.1) is 0 Å². The Hall–Kier alpha value is -0.530. The average Bonchev–Trinajstić information content (AvgIpc) is 2.47. The van der Waals surface area contributed by atoms with Gasteiger partial charge in [0.1, 0.15) is 0 Å². The van der Waals surface area contributed by atoms with Gasteiger partial charge in [-0.05, 0) is 32.1 Å². The molecule has 2 heteroatoms. The van der Waals surface area contributed by atoms with Gasteiger partial charge >= 0.3 is 0 Å². The van der Waals surface area contributed by atoms with E-state index in [2.05, 4.69) is 9.89 Å². The van der Waals surface area contributed by atoms with Crippen LogP contribution in [0.1, 0.15) is 44.9 Å². The SMILES string of the molecule is C1CCN=C(N2CCCCC2)CC1. The Morgan fingerprint density at radius 2 is 1.62 bits per heavy atom. The maximum absolute atomic E-state index is 4.69. The van der Waals surface area contributed by atoms with E-state index in [9.17, 15) is 0 Å². The van der Waals surface area contributed by atoms with Crippen molar-refractivity contribution in [3.63, 3.8) is 0 Å². The second-order valence-corrected chi connectivity index (χ2v) is 4.16. The Balaban J connectivity index is 1.92. The number of piperidine rings is 1. The molecule has 0 aliphatic carbocycles. The quantitative estimate of drug-likeness (QED) is 0.559. The summed E-state index contributed by atoms with van der Waals surface area (Å²) in [6.07, 6.45) is 9.44. The highest BCUT2D eigenvalue weighted by Gasteiger charge is 2.15. The molecule has 0 radical (unpaired) electrons. The van der Waals surface area contributed by atoms with Crippen LogP contribution in [0.25, 0.3) is 0 Å². The third-order valence-corrected chi connectivity index (χ3v) is 3.07. The summed E-state index contributed by atoms with van der Waals surface area (Å²) < 4.78 is 0. The molecule has 0 atom stereocenters. The van der Waals surface area contributed by atoms with Gasteiger partial charge in [0.05, 0.1) is 5.84 Å². The molecule has 13 heavy (non-hydrogen) atoms. The van der Waals surface area contributed by atoms with E-state index < -0.39 is 0 Å². The smallest absolute Gasteiger partial charge is 0.0988 e. The van der Waals surface area contributed by atoms with Crippen LogP contribution in [-0.2, 0) is 0 Å². The van der Waals surface area contributed by atoms with Crippen LogP contribution < -0.4 is 0 Å². The van der Waals surface area contributed by atoms with E-state index in [0.29, 0.717) is 0 Å². The summed E-state index contributed by atoms with van der Waals surface area (Å²) >= 11 is 0. The zero-order chi connectivity index (χ0) is 8.93. The number of amidine groups is 1. The fourth-order valence-corrected chi connectivity index (χ4v) is 2.27. The molecular weight excluding hydrogens is 160 g/mol. The number of aliphatic imine (C=N–C) groups is 1. The molecular formula is C11H20N2. The highest BCUT2D eigenvalue weighted by atomic mass is 15.2. The van der Waals surface area contributed by atoms with Gasteiger partial charge in [0.15, 0.2) is 0 Å². The lowest BCUT2D eigenvalue weighted by Gasteiger charge is -2.29. The number of nitrogens with zero attached hydrogens (tertiary/aromatic N) is 2. The van der Waals surface area contributed by atoms with Gasteiger partial charge in [0, 0.05) is 26.1 Å². The summed E-state index contributed by atoms with van der Waals surface area (Å²) in [7, 11) is 0. The maximum Gasteiger partial charge on any atom is 0.0988 e. The second kappa shape index (κ2) is 4.64. The zero-order valence-corrected chi connectivity index (χ0v) is 8.47. The minimum absolute atomic E-state index is 1.08. The summed E-state index contributed by atoms with van der Waals surface area (Å²) in [6.45, 7) is 3.60. The third kappa shape index (κ3) is 2.45. The van der Waals surface area contributed by atoms with Crippen LogP contribution in [0.3, 0.4) is 0 Å². The van der Waals surface area contributed by atoms with Crippen molar-refractivity contribution >= 4 is 5.84 Å². The molecule has 0 saturated carbocycles. The van der Waals surface area contributed by atoms with Crippen molar-refractivity contribution in [3.8, 4) is 0 Å². The van der Waals surface area contributed by atoms with Crippen molar-refractivity contribution < 1.29 is 0 Å². The fourth-order valence-electron chi connectivity index (χ4n) is 2.27. The fraction of sp³-hybridized carbons (Fsp3) is 0.909. The van der Waals surface area contributed by atoms with Gasteiger partial charge in [0.2, 0.25) is 0 Å². The van der Waals surface area contributed by atoms with Gasteiger partial charge < -0.3 is 4.90 Å². The minimum atomic E-state index is 1.08. The topological polar surface area (TPSA) is 15.6 Å². The van der Waals surface area contributed by atoms with Crippen molar-refractivity contribution in [2.75, 3.05) is 19.6 Å². The van der Waals surface area contributed by atoms with E-state index >= 15 is 0 Å². The first-order valence-corrected chi connectivity index (χ1v) is 5.75. The molecule has 0 aromatic carbocycles. The summed E-state index contributed by atoms with van der Waals surface area (Å²) in [5.41, 5.74) is 0. The summed E-state index contributed by atoms with van der Waals surface area (Å²) in [5.74, 6) is 1.41. The van der Waals surface area contributed by atoms with Gasteiger partial charge in [-0.3, -0.25) is 4.99 Å². The molecule has 2 rings (SSSR count). The van der Waals surface area contributed by atoms with Crippen molar-refractivity contribution in [2.24, 2.45) is 4.99 Å². The first kappa shape index (κ1) is 9.04. The van der Waals surface area contributed by atoms with Crippen LogP contribution in [0.5, 0.6) is 0 Å². The van der Waals surface area contributed by atoms with Gasteiger partial charge in [-0.1, -0.05) is 6.42 Å². The van der Waals surface area contributed by atoms with Crippen LogP contribution >= 0.6 is 0 Å². The predicted octanol–water partition coefficient (Wildman–Crippen LogP) is 2.44. The van der Waals surface area contributed by atoms with Crippen molar-refractivity contribution in [2.45, 2.75) is 44.9 Å².